The van der Waals surface area contributed by atoms with Crippen LogP contribution in [-0.4, -0.2) is 33.1 Å². The van der Waals surface area contributed by atoms with Gasteiger partial charge in [-0.05, 0) is 18.8 Å². The van der Waals surface area contributed by atoms with Crippen molar-refractivity contribution >= 4 is 9.84 Å². The highest BCUT2D eigenvalue weighted by Crippen LogP contribution is 2.45. The van der Waals surface area contributed by atoms with Crippen LogP contribution in [0.4, 0.5) is 0 Å². The molecule has 1 aliphatic carbocycles. The minimum atomic E-state index is -3.04. The minimum Gasteiger partial charge on any atom is -0.383 e. The highest BCUT2D eigenvalue weighted by molar-refractivity contribution is 7.92. The first-order valence-electron chi connectivity index (χ1n) is 5.53. The number of nitrogens with zero attached hydrogens (tertiary/aromatic N) is 1. The molecule has 1 aliphatic rings. The monoisotopic (exact) mass is 245 g/mol. The predicted molar refractivity (Wildman–Crippen MR) is 61.6 cm³/mol. The predicted octanol–water partition coefficient (Wildman–Crippen LogP) is 1.38. The van der Waals surface area contributed by atoms with Gasteiger partial charge in [0.05, 0.1) is 23.3 Å². The van der Waals surface area contributed by atoms with Crippen molar-refractivity contribution in [1.82, 2.24) is 0 Å². The summed E-state index contributed by atoms with van der Waals surface area (Å²) in [6.07, 6.45) is 0.988. The molecule has 1 saturated carbocycles. The smallest absolute Gasteiger partial charge is 0.152 e. The van der Waals surface area contributed by atoms with E-state index in [9.17, 15) is 13.7 Å². The molecule has 0 amide bonds. The quantitative estimate of drug-likeness (QED) is 0.750. The zero-order valence-electron chi connectivity index (χ0n) is 10.1. The summed E-state index contributed by atoms with van der Waals surface area (Å²) in [7, 11) is -1.49. The Morgan fingerprint density at radius 1 is 1.56 bits per heavy atom. The molecule has 4 nitrogen and oxygen atoms in total. The van der Waals surface area contributed by atoms with Gasteiger partial charge in [0.1, 0.15) is 0 Å². The molecule has 5 heteroatoms. The van der Waals surface area contributed by atoms with Gasteiger partial charge in [0, 0.05) is 12.9 Å². The molecule has 0 heterocycles. The fourth-order valence-corrected chi connectivity index (χ4v) is 4.07. The molecular formula is C11H19NO3S. The number of hydrogen-bond acceptors (Lipinski definition) is 4. The standard InChI is InChI=1S/C11H19NO3S/c1-4-16(13,14)10-5-9(2)11(6-10,7-12)8-15-3/h9-10H,4-6,8H2,1-3H3/t9-,10-,11-/m1/s1. The van der Waals surface area contributed by atoms with Crippen molar-refractivity contribution in [2.75, 3.05) is 19.5 Å². The van der Waals surface area contributed by atoms with E-state index < -0.39 is 15.3 Å². The molecule has 92 valence electrons. The van der Waals surface area contributed by atoms with Crippen LogP contribution in [-0.2, 0) is 14.6 Å². The van der Waals surface area contributed by atoms with E-state index in [1.807, 2.05) is 6.92 Å². The molecule has 1 fully saturated rings. The Morgan fingerprint density at radius 2 is 2.19 bits per heavy atom. The van der Waals surface area contributed by atoms with Gasteiger partial charge in [-0.15, -0.1) is 0 Å². The molecule has 0 saturated heterocycles. The maximum Gasteiger partial charge on any atom is 0.152 e. The first kappa shape index (κ1) is 13.5. The number of hydrogen-bond donors (Lipinski definition) is 0. The summed E-state index contributed by atoms with van der Waals surface area (Å²) in [4.78, 5) is 0. The van der Waals surface area contributed by atoms with E-state index in [1.54, 1.807) is 14.0 Å². The third-order valence-corrected chi connectivity index (χ3v) is 5.87. The van der Waals surface area contributed by atoms with E-state index in [-0.39, 0.29) is 16.9 Å². The van der Waals surface area contributed by atoms with E-state index >= 15 is 0 Å². The first-order valence-corrected chi connectivity index (χ1v) is 7.25. The lowest BCUT2D eigenvalue weighted by Crippen LogP contribution is -2.28. The Morgan fingerprint density at radius 3 is 2.62 bits per heavy atom. The topological polar surface area (TPSA) is 67.2 Å². The van der Waals surface area contributed by atoms with Crippen LogP contribution in [0.15, 0.2) is 0 Å². The van der Waals surface area contributed by atoms with Crippen molar-refractivity contribution in [2.24, 2.45) is 11.3 Å². The van der Waals surface area contributed by atoms with Gasteiger partial charge in [-0.25, -0.2) is 8.42 Å². The Bertz CT molecular complexity index is 385. The van der Waals surface area contributed by atoms with Gasteiger partial charge in [-0.1, -0.05) is 13.8 Å². The molecule has 1 rings (SSSR count). The second-order valence-corrected chi connectivity index (χ2v) is 7.19. The fourth-order valence-electron chi connectivity index (χ4n) is 2.47. The van der Waals surface area contributed by atoms with Crippen LogP contribution in [0.2, 0.25) is 0 Å². The van der Waals surface area contributed by atoms with Crippen LogP contribution in [0.1, 0.15) is 26.7 Å². The largest absolute Gasteiger partial charge is 0.383 e. The minimum absolute atomic E-state index is 0.0729. The van der Waals surface area contributed by atoms with Gasteiger partial charge in [0.25, 0.3) is 0 Å². The molecule has 0 aliphatic heterocycles. The SMILES string of the molecule is CCS(=O)(=O)[C@@H]1C[C@@H](C)[C@](C#N)(COC)C1. The fraction of sp³-hybridized carbons (Fsp3) is 0.909. The third-order valence-electron chi connectivity index (χ3n) is 3.69. The highest BCUT2D eigenvalue weighted by atomic mass is 32.2. The molecule has 0 unspecified atom stereocenters. The first-order chi connectivity index (χ1) is 7.41. The summed E-state index contributed by atoms with van der Waals surface area (Å²) in [5.74, 6) is 0.225. The molecule has 16 heavy (non-hydrogen) atoms. The van der Waals surface area contributed by atoms with Crippen molar-refractivity contribution < 1.29 is 13.2 Å². The van der Waals surface area contributed by atoms with E-state index in [0.29, 0.717) is 19.4 Å². The van der Waals surface area contributed by atoms with E-state index in [2.05, 4.69) is 6.07 Å². The average molecular weight is 245 g/mol. The van der Waals surface area contributed by atoms with Crippen LogP contribution in [0, 0.1) is 22.7 Å². The average Bonchev–Trinajstić information content (AvgIpc) is 2.58. The van der Waals surface area contributed by atoms with Crippen LogP contribution < -0.4 is 0 Å². The normalized spacial score (nSPS) is 34.9. The summed E-state index contributed by atoms with van der Waals surface area (Å²) < 4.78 is 28.7. The van der Waals surface area contributed by atoms with Crippen molar-refractivity contribution in [2.45, 2.75) is 31.9 Å². The molecule has 0 aromatic heterocycles. The number of ether oxygens (including phenoxy) is 1. The second-order valence-electron chi connectivity index (χ2n) is 4.62. The Balaban J connectivity index is 2.93. The highest BCUT2D eigenvalue weighted by Gasteiger charge is 2.49. The zero-order chi connectivity index (χ0) is 12.4. The van der Waals surface area contributed by atoms with E-state index in [4.69, 9.17) is 4.74 Å². The molecule has 0 aromatic rings. The molecule has 0 bridgehead atoms. The lowest BCUT2D eigenvalue weighted by molar-refractivity contribution is 0.0951. The van der Waals surface area contributed by atoms with Crippen LogP contribution >= 0.6 is 0 Å². The summed E-state index contributed by atoms with van der Waals surface area (Å²) in [5.41, 5.74) is -0.623. The van der Waals surface area contributed by atoms with Crippen molar-refractivity contribution in [3.05, 3.63) is 0 Å². The summed E-state index contributed by atoms with van der Waals surface area (Å²) in [6, 6.07) is 2.26. The zero-order valence-corrected chi connectivity index (χ0v) is 10.9. The van der Waals surface area contributed by atoms with Gasteiger partial charge in [-0.3, -0.25) is 0 Å². The van der Waals surface area contributed by atoms with Crippen molar-refractivity contribution in [3.8, 4) is 6.07 Å². The second kappa shape index (κ2) is 4.72. The Labute approximate surface area is 97.5 Å². The molecule has 0 spiro atoms. The number of methoxy groups -OCH3 is 1. The van der Waals surface area contributed by atoms with Crippen LogP contribution in [0.5, 0.6) is 0 Å². The molecule has 0 radical (unpaired) electrons. The maximum atomic E-state index is 11.8. The lowest BCUT2D eigenvalue weighted by Gasteiger charge is -2.24. The molecule has 0 aromatic carbocycles. The van der Waals surface area contributed by atoms with Gasteiger partial charge >= 0.3 is 0 Å². The third kappa shape index (κ3) is 2.23. The van der Waals surface area contributed by atoms with Crippen molar-refractivity contribution in [3.63, 3.8) is 0 Å². The van der Waals surface area contributed by atoms with Gasteiger partial charge in [0.15, 0.2) is 9.84 Å². The van der Waals surface area contributed by atoms with Crippen molar-refractivity contribution in [1.29, 1.82) is 5.26 Å². The van der Waals surface area contributed by atoms with Gasteiger partial charge < -0.3 is 4.74 Å². The molecular weight excluding hydrogens is 226 g/mol. The summed E-state index contributed by atoms with van der Waals surface area (Å²) in [5, 5.41) is 8.88. The summed E-state index contributed by atoms with van der Waals surface area (Å²) in [6.45, 7) is 3.91. The van der Waals surface area contributed by atoms with Crippen LogP contribution in [0.3, 0.4) is 0 Å². The Kier molecular flexibility index (Phi) is 3.97. The van der Waals surface area contributed by atoms with Crippen LogP contribution in [0.25, 0.3) is 0 Å². The van der Waals surface area contributed by atoms with E-state index in [0.717, 1.165) is 0 Å². The van der Waals surface area contributed by atoms with Gasteiger partial charge in [0.2, 0.25) is 0 Å². The number of sulfone groups is 1. The number of rotatable bonds is 4. The van der Waals surface area contributed by atoms with Gasteiger partial charge in [-0.2, -0.15) is 5.26 Å². The summed E-state index contributed by atoms with van der Waals surface area (Å²) >= 11 is 0. The van der Waals surface area contributed by atoms with E-state index in [1.165, 1.54) is 0 Å². The lowest BCUT2D eigenvalue weighted by atomic mass is 9.81. The number of nitriles is 1. The molecule has 0 N–H and O–H groups in total. The maximum absolute atomic E-state index is 11.8. The molecule has 3 atom stereocenters. The Hall–Kier alpha value is -0.600.